The quantitative estimate of drug-likeness (QED) is 0.791. The zero-order chi connectivity index (χ0) is 14.3. The monoisotopic (exact) mass is 329 g/mol. The maximum Gasteiger partial charge on any atom is 0.0949 e. The molecule has 1 rings (SSSR count). The Morgan fingerprint density at radius 1 is 1.37 bits per heavy atom. The van der Waals surface area contributed by atoms with Gasteiger partial charge in [-0.05, 0) is 45.0 Å². The van der Waals surface area contributed by atoms with Crippen LogP contribution in [0.2, 0.25) is 0 Å². The van der Waals surface area contributed by atoms with Crippen molar-refractivity contribution in [3.63, 3.8) is 0 Å². The molecule has 0 saturated carbocycles. The SMILES string of the molecule is CNCC(OCCC(C)(C)OC)c1cccc(Br)c1. The summed E-state index contributed by atoms with van der Waals surface area (Å²) >= 11 is 3.50. The van der Waals surface area contributed by atoms with Crippen molar-refractivity contribution in [2.75, 3.05) is 27.3 Å². The number of benzene rings is 1. The molecule has 1 atom stereocenters. The lowest BCUT2D eigenvalue weighted by Crippen LogP contribution is -2.26. The molecule has 0 radical (unpaired) electrons. The Bertz CT molecular complexity index is 382. The zero-order valence-electron chi connectivity index (χ0n) is 12.2. The molecule has 19 heavy (non-hydrogen) atoms. The molecular formula is C15H24BrNO2. The molecule has 1 aromatic rings. The van der Waals surface area contributed by atoms with Crippen LogP contribution in [0.4, 0.5) is 0 Å². The third kappa shape index (κ3) is 6.04. The summed E-state index contributed by atoms with van der Waals surface area (Å²) in [5, 5.41) is 3.18. The predicted molar refractivity (Wildman–Crippen MR) is 82.5 cm³/mol. The van der Waals surface area contributed by atoms with E-state index in [9.17, 15) is 0 Å². The molecule has 0 heterocycles. The van der Waals surface area contributed by atoms with E-state index >= 15 is 0 Å². The highest BCUT2D eigenvalue weighted by atomic mass is 79.9. The molecule has 0 amide bonds. The second-order valence-corrected chi connectivity index (χ2v) is 6.10. The van der Waals surface area contributed by atoms with Gasteiger partial charge in [-0.3, -0.25) is 0 Å². The predicted octanol–water partition coefficient (Wildman–Crippen LogP) is 3.54. The molecule has 3 nitrogen and oxygen atoms in total. The molecule has 4 heteroatoms. The molecule has 0 aromatic heterocycles. The van der Waals surface area contributed by atoms with Crippen LogP contribution in [0.1, 0.15) is 31.9 Å². The lowest BCUT2D eigenvalue weighted by molar-refractivity contribution is -0.0269. The summed E-state index contributed by atoms with van der Waals surface area (Å²) in [6.07, 6.45) is 0.938. The fourth-order valence-electron chi connectivity index (χ4n) is 1.71. The Balaban J connectivity index is 2.58. The Morgan fingerprint density at radius 2 is 2.11 bits per heavy atom. The van der Waals surface area contributed by atoms with E-state index in [-0.39, 0.29) is 11.7 Å². The summed E-state index contributed by atoms with van der Waals surface area (Å²) in [6, 6.07) is 8.25. The summed E-state index contributed by atoms with van der Waals surface area (Å²) in [4.78, 5) is 0. The number of methoxy groups -OCH3 is 1. The molecule has 0 bridgehead atoms. The van der Waals surface area contributed by atoms with Gasteiger partial charge in [0.25, 0.3) is 0 Å². The third-order valence-corrected chi connectivity index (χ3v) is 3.68. The summed E-state index contributed by atoms with van der Waals surface area (Å²) in [6.45, 7) is 5.62. The summed E-state index contributed by atoms with van der Waals surface area (Å²) in [5.41, 5.74) is 1.04. The zero-order valence-corrected chi connectivity index (χ0v) is 13.8. The van der Waals surface area contributed by atoms with Gasteiger partial charge >= 0.3 is 0 Å². The van der Waals surface area contributed by atoms with E-state index in [1.807, 2.05) is 19.2 Å². The fourth-order valence-corrected chi connectivity index (χ4v) is 2.13. The standard InChI is InChI=1S/C15H24BrNO2/c1-15(2,18-4)8-9-19-14(11-17-3)12-6-5-7-13(16)10-12/h5-7,10,14,17H,8-9,11H2,1-4H3. The average Bonchev–Trinajstić information content (AvgIpc) is 2.37. The van der Waals surface area contributed by atoms with Crippen molar-refractivity contribution < 1.29 is 9.47 Å². The molecule has 1 unspecified atom stereocenters. The van der Waals surface area contributed by atoms with Crippen molar-refractivity contribution in [1.82, 2.24) is 5.32 Å². The molecule has 0 aliphatic carbocycles. The molecular weight excluding hydrogens is 306 g/mol. The van der Waals surface area contributed by atoms with Gasteiger partial charge in [0.2, 0.25) is 0 Å². The van der Waals surface area contributed by atoms with Gasteiger partial charge < -0.3 is 14.8 Å². The topological polar surface area (TPSA) is 30.5 Å². The van der Waals surface area contributed by atoms with Gasteiger partial charge in [-0.15, -0.1) is 0 Å². The second-order valence-electron chi connectivity index (χ2n) is 5.19. The van der Waals surface area contributed by atoms with Crippen molar-refractivity contribution in [2.45, 2.75) is 32.0 Å². The lowest BCUT2D eigenvalue weighted by atomic mass is 10.1. The maximum atomic E-state index is 6.00. The van der Waals surface area contributed by atoms with Gasteiger partial charge in [0, 0.05) is 18.1 Å². The van der Waals surface area contributed by atoms with Crippen molar-refractivity contribution in [2.24, 2.45) is 0 Å². The number of halogens is 1. The van der Waals surface area contributed by atoms with E-state index in [1.54, 1.807) is 7.11 Å². The smallest absolute Gasteiger partial charge is 0.0949 e. The number of likely N-dealkylation sites (N-methyl/N-ethyl adjacent to an activating group) is 1. The number of ether oxygens (including phenoxy) is 2. The minimum absolute atomic E-state index is 0.0650. The largest absolute Gasteiger partial charge is 0.379 e. The van der Waals surface area contributed by atoms with Gasteiger partial charge in [-0.2, -0.15) is 0 Å². The van der Waals surface area contributed by atoms with E-state index in [0.717, 1.165) is 17.4 Å². The minimum atomic E-state index is -0.137. The fraction of sp³-hybridized carbons (Fsp3) is 0.600. The first-order valence-corrected chi connectivity index (χ1v) is 7.34. The normalized spacial score (nSPS) is 13.5. The van der Waals surface area contributed by atoms with E-state index < -0.39 is 0 Å². The van der Waals surface area contributed by atoms with Crippen LogP contribution in [0, 0.1) is 0 Å². The number of nitrogens with one attached hydrogen (secondary N) is 1. The number of hydrogen-bond acceptors (Lipinski definition) is 3. The third-order valence-electron chi connectivity index (χ3n) is 3.19. The Hall–Kier alpha value is -0.420. The van der Waals surface area contributed by atoms with Crippen LogP contribution in [0.15, 0.2) is 28.7 Å². The van der Waals surface area contributed by atoms with Gasteiger partial charge in [-0.1, -0.05) is 28.1 Å². The Morgan fingerprint density at radius 3 is 2.68 bits per heavy atom. The number of rotatable bonds is 8. The number of hydrogen-bond donors (Lipinski definition) is 1. The van der Waals surface area contributed by atoms with Gasteiger partial charge in [0.05, 0.1) is 18.3 Å². The van der Waals surface area contributed by atoms with Crippen molar-refractivity contribution in [3.8, 4) is 0 Å². The Labute approximate surface area is 124 Å². The van der Waals surface area contributed by atoms with Crippen molar-refractivity contribution in [3.05, 3.63) is 34.3 Å². The molecule has 1 N–H and O–H groups in total. The maximum absolute atomic E-state index is 6.00. The van der Waals surface area contributed by atoms with Crippen LogP contribution in [0.5, 0.6) is 0 Å². The first kappa shape index (κ1) is 16.6. The summed E-state index contributed by atoms with van der Waals surface area (Å²) in [5.74, 6) is 0. The van der Waals surface area contributed by atoms with Gasteiger partial charge in [0.15, 0.2) is 0 Å². The van der Waals surface area contributed by atoms with Crippen LogP contribution >= 0.6 is 15.9 Å². The highest BCUT2D eigenvalue weighted by Crippen LogP contribution is 2.22. The minimum Gasteiger partial charge on any atom is -0.379 e. The van der Waals surface area contributed by atoms with E-state index in [2.05, 4.69) is 47.2 Å². The van der Waals surface area contributed by atoms with Gasteiger partial charge in [0.1, 0.15) is 0 Å². The lowest BCUT2D eigenvalue weighted by Gasteiger charge is -2.25. The van der Waals surface area contributed by atoms with Crippen LogP contribution in [0.3, 0.4) is 0 Å². The van der Waals surface area contributed by atoms with E-state index in [1.165, 1.54) is 5.56 Å². The van der Waals surface area contributed by atoms with Gasteiger partial charge in [-0.25, -0.2) is 0 Å². The first-order valence-electron chi connectivity index (χ1n) is 6.55. The van der Waals surface area contributed by atoms with E-state index in [4.69, 9.17) is 9.47 Å². The van der Waals surface area contributed by atoms with Crippen molar-refractivity contribution >= 4 is 15.9 Å². The second kappa shape index (κ2) is 8.00. The van der Waals surface area contributed by atoms with Crippen molar-refractivity contribution in [1.29, 1.82) is 0 Å². The van der Waals surface area contributed by atoms with Crippen LogP contribution in [-0.4, -0.2) is 32.9 Å². The van der Waals surface area contributed by atoms with E-state index in [0.29, 0.717) is 6.61 Å². The Kier molecular flexibility index (Phi) is 7.00. The highest BCUT2D eigenvalue weighted by molar-refractivity contribution is 9.10. The molecule has 0 aliphatic heterocycles. The summed E-state index contributed by atoms with van der Waals surface area (Å²) in [7, 11) is 3.67. The molecule has 0 saturated heterocycles. The summed E-state index contributed by atoms with van der Waals surface area (Å²) < 4.78 is 12.5. The first-order chi connectivity index (χ1) is 8.98. The highest BCUT2D eigenvalue weighted by Gasteiger charge is 2.18. The molecule has 0 aliphatic rings. The molecule has 0 spiro atoms. The van der Waals surface area contributed by atoms with Crippen LogP contribution in [0.25, 0.3) is 0 Å². The molecule has 0 fully saturated rings. The molecule has 1 aromatic carbocycles. The van der Waals surface area contributed by atoms with Crippen LogP contribution < -0.4 is 5.32 Å². The molecule has 108 valence electrons. The van der Waals surface area contributed by atoms with Crippen LogP contribution in [-0.2, 0) is 9.47 Å². The average molecular weight is 330 g/mol.